The molecule has 0 aliphatic rings. The number of hydrogen-bond acceptors (Lipinski definition) is 4. The normalized spacial score (nSPS) is 12.2. The first-order chi connectivity index (χ1) is 10.0. The first kappa shape index (κ1) is 17.4. The summed E-state index contributed by atoms with van der Waals surface area (Å²) in [6, 6.07) is 5.98. The van der Waals surface area contributed by atoms with Gasteiger partial charge in [0.05, 0.1) is 12.7 Å². The van der Waals surface area contributed by atoms with Crippen LogP contribution in [0.4, 0.5) is 8.78 Å². The van der Waals surface area contributed by atoms with E-state index in [1.54, 1.807) is 6.07 Å². The second-order valence-corrected chi connectivity index (χ2v) is 4.54. The Labute approximate surface area is 122 Å². The molecule has 1 unspecified atom stereocenters. The van der Waals surface area contributed by atoms with E-state index in [0.29, 0.717) is 6.61 Å². The van der Waals surface area contributed by atoms with Crippen LogP contribution >= 0.6 is 0 Å². The molecule has 0 fully saturated rings. The second kappa shape index (κ2) is 9.28. The lowest BCUT2D eigenvalue weighted by Gasteiger charge is -2.15. The number of carbonyl (C=O) groups excluding carboxylic acids is 1. The number of aliphatic hydroxyl groups excluding tert-OH is 1. The minimum atomic E-state index is -2.96. The van der Waals surface area contributed by atoms with Gasteiger partial charge in [0, 0.05) is 12.0 Å². The van der Waals surface area contributed by atoms with Gasteiger partial charge < -0.3 is 14.6 Å². The van der Waals surface area contributed by atoms with Crippen molar-refractivity contribution in [1.29, 1.82) is 0 Å². The summed E-state index contributed by atoms with van der Waals surface area (Å²) in [4.78, 5) is 11.4. The summed E-state index contributed by atoms with van der Waals surface area (Å²) in [7, 11) is 0. The number of aliphatic hydroxyl groups is 1. The number of alkyl halides is 2. The maximum absolute atomic E-state index is 12.3. The first-order valence-corrected chi connectivity index (χ1v) is 6.92. The summed E-state index contributed by atoms with van der Waals surface area (Å²) >= 11 is 0. The predicted octanol–water partition coefficient (Wildman–Crippen LogP) is 3.44. The Bertz CT molecular complexity index is 437. The highest BCUT2D eigenvalue weighted by atomic mass is 19.3. The molecule has 118 valence electrons. The van der Waals surface area contributed by atoms with Crippen LogP contribution in [0.2, 0.25) is 0 Å². The Morgan fingerprint density at radius 3 is 2.71 bits per heavy atom. The average molecular weight is 302 g/mol. The van der Waals surface area contributed by atoms with Gasteiger partial charge >= 0.3 is 12.6 Å². The number of carbonyl (C=O) groups is 1. The number of rotatable bonds is 9. The molecule has 1 aromatic carbocycles. The molecule has 0 aromatic heterocycles. The van der Waals surface area contributed by atoms with Crippen molar-refractivity contribution >= 4 is 5.97 Å². The lowest BCUT2D eigenvalue weighted by Crippen LogP contribution is -2.10. The molecule has 21 heavy (non-hydrogen) atoms. The van der Waals surface area contributed by atoms with E-state index < -0.39 is 18.7 Å². The number of halogens is 2. The van der Waals surface area contributed by atoms with E-state index in [4.69, 9.17) is 4.74 Å². The smallest absolute Gasteiger partial charge is 0.387 e. The summed E-state index contributed by atoms with van der Waals surface area (Å²) in [5.74, 6) is -0.492. The zero-order chi connectivity index (χ0) is 15.7. The fourth-order valence-electron chi connectivity index (χ4n) is 1.77. The van der Waals surface area contributed by atoms with Gasteiger partial charge in [-0.25, -0.2) is 0 Å². The van der Waals surface area contributed by atoms with Crippen LogP contribution in [0.1, 0.15) is 44.3 Å². The average Bonchev–Trinajstić information content (AvgIpc) is 2.45. The van der Waals surface area contributed by atoms with E-state index in [1.165, 1.54) is 18.2 Å². The van der Waals surface area contributed by atoms with Gasteiger partial charge in [-0.05, 0) is 18.9 Å². The molecule has 4 nitrogen and oxygen atoms in total. The van der Waals surface area contributed by atoms with Crippen molar-refractivity contribution in [3.05, 3.63) is 29.8 Å². The van der Waals surface area contributed by atoms with Crippen LogP contribution in [0.5, 0.6) is 5.75 Å². The van der Waals surface area contributed by atoms with Crippen LogP contribution in [0.25, 0.3) is 0 Å². The van der Waals surface area contributed by atoms with Gasteiger partial charge in [0.25, 0.3) is 0 Å². The van der Waals surface area contributed by atoms with Gasteiger partial charge in [-0.3, -0.25) is 4.79 Å². The third-order valence-corrected chi connectivity index (χ3v) is 2.88. The molecular weight excluding hydrogens is 282 g/mol. The minimum absolute atomic E-state index is 0.0217. The molecule has 0 heterocycles. The van der Waals surface area contributed by atoms with E-state index in [9.17, 15) is 18.7 Å². The monoisotopic (exact) mass is 302 g/mol. The van der Waals surface area contributed by atoms with Crippen LogP contribution < -0.4 is 4.74 Å². The largest absolute Gasteiger partial charge is 0.466 e. The fourth-order valence-corrected chi connectivity index (χ4v) is 1.77. The Hall–Kier alpha value is -1.69. The Balaban J connectivity index is 2.51. The molecule has 0 radical (unpaired) electrons. The van der Waals surface area contributed by atoms with E-state index in [1.807, 2.05) is 6.92 Å². The van der Waals surface area contributed by atoms with Crippen LogP contribution in [-0.4, -0.2) is 24.3 Å². The number of esters is 1. The maximum atomic E-state index is 12.3. The predicted molar refractivity (Wildman–Crippen MR) is 73.1 cm³/mol. The summed E-state index contributed by atoms with van der Waals surface area (Å²) in [5, 5.41) is 10.0. The van der Waals surface area contributed by atoms with Crippen molar-refractivity contribution in [3.8, 4) is 5.75 Å². The molecule has 0 spiro atoms. The summed E-state index contributed by atoms with van der Waals surface area (Å²) in [6.45, 7) is -0.619. The molecule has 1 rings (SSSR count). The van der Waals surface area contributed by atoms with Crippen LogP contribution in [0.3, 0.4) is 0 Å². The van der Waals surface area contributed by atoms with Crippen LogP contribution in [0.15, 0.2) is 24.3 Å². The van der Waals surface area contributed by atoms with E-state index in [-0.39, 0.29) is 24.2 Å². The molecule has 0 saturated heterocycles. The molecule has 0 bridgehead atoms. The third-order valence-electron chi connectivity index (χ3n) is 2.88. The number of benzene rings is 1. The second-order valence-electron chi connectivity index (χ2n) is 4.54. The highest BCUT2D eigenvalue weighted by Gasteiger charge is 2.17. The molecule has 0 aliphatic carbocycles. The summed E-state index contributed by atoms with van der Waals surface area (Å²) in [6.07, 6.45) is 0.773. The zero-order valence-electron chi connectivity index (χ0n) is 11.9. The van der Waals surface area contributed by atoms with Crippen molar-refractivity contribution in [2.75, 3.05) is 6.61 Å². The van der Waals surface area contributed by atoms with Gasteiger partial charge in [-0.2, -0.15) is 8.78 Å². The van der Waals surface area contributed by atoms with Crippen molar-refractivity contribution in [2.45, 2.75) is 45.3 Å². The standard InChI is InChI=1S/C15H20F2O4/c1-2-3-10-20-14(19)9-8-12(18)11-6-4-5-7-13(11)21-15(16)17/h4-7,12,15,18H,2-3,8-10H2,1H3. The molecule has 1 N–H and O–H groups in total. The number of para-hydroxylation sites is 1. The van der Waals surface area contributed by atoms with E-state index in [2.05, 4.69) is 4.74 Å². The highest BCUT2D eigenvalue weighted by molar-refractivity contribution is 5.69. The number of hydrogen-bond donors (Lipinski definition) is 1. The molecule has 0 aliphatic heterocycles. The lowest BCUT2D eigenvalue weighted by atomic mass is 10.0. The van der Waals surface area contributed by atoms with Gasteiger partial charge in [0.1, 0.15) is 5.75 Å². The quantitative estimate of drug-likeness (QED) is 0.561. The van der Waals surface area contributed by atoms with E-state index in [0.717, 1.165) is 12.8 Å². The van der Waals surface area contributed by atoms with Crippen molar-refractivity contribution < 1.29 is 28.2 Å². The number of unbranched alkanes of at least 4 members (excludes halogenated alkanes) is 1. The van der Waals surface area contributed by atoms with Gasteiger partial charge in [0.2, 0.25) is 0 Å². The molecule has 0 saturated carbocycles. The molecule has 0 amide bonds. The number of ether oxygens (including phenoxy) is 2. The maximum Gasteiger partial charge on any atom is 0.387 e. The van der Waals surface area contributed by atoms with Crippen molar-refractivity contribution in [1.82, 2.24) is 0 Å². The van der Waals surface area contributed by atoms with Gasteiger partial charge in [0.15, 0.2) is 0 Å². The van der Waals surface area contributed by atoms with Gasteiger partial charge in [-0.15, -0.1) is 0 Å². The summed E-state index contributed by atoms with van der Waals surface area (Å²) < 4.78 is 33.9. The Morgan fingerprint density at radius 2 is 2.05 bits per heavy atom. The first-order valence-electron chi connectivity index (χ1n) is 6.92. The van der Waals surface area contributed by atoms with Crippen molar-refractivity contribution in [2.24, 2.45) is 0 Å². The Morgan fingerprint density at radius 1 is 1.33 bits per heavy atom. The van der Waals surface area contributed by atoms with Crippen LogP contribution in [0, 0.1) is 0 Å². The third kappa shape index (κ3) is 6.53. The zero-order valence-corrected chi connectivity index (χ0v) is 11.9. The molecular formula is C15H20F2O4. The SMILES string of the molecule is CCCCOC(=O)CCC(O)c1ccccc1OC(F)F. The van der Waals surface area contributed by atoms with Crippen LogP contribution in [-0.2, 0) is 9.53 Å². The Kier molecular flexibility index (Phi) is 7.68. The molecule has 1 atom stereocenters. The van der Waals surface area contributed by atoms with Crippen molar-refractivity contribution in [3.63, 3.8) is 0 Å². The highest BCUT2D eigenvalue weighted by Crippen LogP contribution is 2.29. The fraction of sp³-hybridized carbons (Fsp3) is 0.533. The topological polar surface area (TPSA) is 55.8 Å². The molecule has 6 heteroatoms. The minimum Gasteiger partial charge on any atom is -0.466 e. The van der Waals surface area contributed by atoms with E-state index >= 15 is 0 Å². The van der Waals surface area contributed by atoms with Gasteiger partial charge in [-0.1, -0.05) is 31.5 Å². The molecule has 1 aromatic rings. The summed E-state index contributed by atoms with van der Waals surface area (Å²) in [5.41, 5.74) is 0.235. The lowest BCUT2D eigenvalue weighted by molar-refractivity contribution is -0.144.